The van der Waals surface area contributed by atoms with Gasteiger partial charge in [0.2, 0.25) is 0 Å². The van der Waals surface area contributed by atoms with Gasteiger partial charge in [-0.1, -0.05) is 0 Å². The average molecular weight is 384 g/mol. The van der Waals surface area contributed by atoms with Crippen molar-refractivity contribution >= 4 is 13.2 Å². The molecule has 0 radical (unpaired) electrons. The molecule has 0 aromatic heterocycles. The number of halogens is 7. The normalized spacial score (nSPS) is 20.6. The summed E-state index contributed by atoms with van der Waals surface area (Å²) in [4.78, 5) is 0. The number of alkyl halides is 6. The van der Waals surface area contributed by atoms with Gasteiger partial charge in [-0.3, -0.25) is 0 Å². The Balaban J connectivity index is 2.44. The van der Waals surface area contributed by atoms with Gasteiger partial charge < -0.3 is 9.31 Å². The maximum absolute atomic E-state index is 14.4. The van der Waals surface area contributed by atoms with Gasteiger partial charge in [0.1, 0.15) is 5.73 Å². The SMILES string of the molecule is CC1(C)OB(C(F)=Cc2cc(C(F)(F)F)cc(C(F)(F)F)c2)OC1(C)C. The molecular formula is C16H16BF7O2. The van der Waals surface area contributed by atoms with Crippen LogP contribution in [-0.2, 0) is 21.7 Å². The van der Waals surface area contributed by atoms with E-state index in [-0.39, 0.29) is 6.07 Å². The highest BCUT2D eigenvalue weighted by Crippen LogP contribution is 2.40. The Morgan fingerprint density at radius 3 is 1.58 bits per heavy atom. The van der Waals surface area contributed by atoms with Crippen molar-refractivity contribution in [3.63, 3.8) is 0 Å². The first-order chi connectivity index (χ1) is 11.5. The molecule has 0 unspecified atom stereocenters. The fraction of sp³-hybridized carbons (Fsp3) is 0.500. The summed E-state index contributed by atoms with van der Waals surface area (Å²) in [5.74, 6) is 0. The quantitative estimate of drug-likeness (QED) is 0.484. The van der Waals surface area contributed by atoms with Gasteiger partial charge in [0.25, 0.3) is 0 Å². The number of hydrogen-bond acceptors (Lipinski definition) is 2. The summed E-state index contributed by atoms with van der Waals surface area (Å²) in [6, 6.07) is 0.837. The molecule has 144 valence electrons. The second kappa shape index (κ2) is 6.26. The van der Waals surface area contributed by atoms with Crippen molar-refractivity contribution in [3.8, 4) is 0 Å². The van der Waals surface area contributed by atoms with Crippen molar-refractivity contribution in [3.05, 3.63) is 40.6 Å². The number of rotatable bonds is 2. The Morgan fingerprint density at radius 2 is 1.23 bits per heavy atom. The third-order valence-electron chi connectivity index (χ3n) is 4.39. The lowest BCUT2D eigenvalue weighted by Crippen LogP contribution is -2.41. The van der Waals surface area contributed by atoms with Gasteiger partial charge in [0.05, 0.1) is 22.3 Å². The molecule has 0 bridgehead atoms. The lowest BCUT2D eigenvalue weighted by Gasteiger charge is -2.32. The summed E-state index contributed by atoms with van der Waals surface area (Å²) in [6.45, 7) is 6.53. The standard InChI is InChI=1S/C16H16BF7O2/c1-13(2)14(3,4)26-17(25-13)12(18)7-9-5-10(15(19,20)21)8-11(6-9)16(22,23)24/h5-8H,1-4H3. The van der Waals surface area contributed by atoms with Crippen molar-refractivity contribution in [1.82, 2.24) is 0 Å². The third kappa shape index (κ3) is 4.23. The fourth-order valence-electron chi connectivity index (χ4n) is 2.25. The maximum Gasteiger partial charge on any atom is 0.525 e. The van der Waals surface area contributed by atoms with E-state index in [1.165, 1.54) is 0 Å². The number of hydrogen-bond donors (Lipinski definition) is 0. The van der Waals surface area contributed by atoms with E-state index in [0.29, 0.717) is 18.2 Å². The number of benzene rings is 1. The molecule has 1 aromatic rings. The van der Waals surface area contributed by atoms with Crippen molar-refractivity contribution < 1.29 is 40.0 Å². The molecule has 2 rings (SSSR count). The second-order valence-corrected chi connectivity index (χ2v) is 6.96. The maximum atomic E-state index is 14.4. The van der Waals surface area contributed by atoms with Crippen LogP contribution in [0, 0.1) is 0 Å². The van der Waals surface area contributed by atoms with Crippen molar-refractivity contribution in [2.75, 3.05) is 0 Å². The van der Waals surface area contributed by atoms with E-state index >= 15 is 0 Å². The zero-order valence-corrected chi connectivity index (χ0v) is 14.3. The summed E-state index contributed by atoms with van der Waals surface area (Å²) in [5, 5.41) is 0. The second-order valence-electron chi connectivity index (χ2n) is 6.96. The van der Waals surface area contributed by atoms with Crippen molar-refractivity contribution in [1.29, 1.82) is 0 Å². The van der Waals surface area contributed by atoms with E-state index in [2.05, 4.69) is 0 Å². The molecule has 1 aliphatic rings. The van der Waals surface area contributed by atoms with Gasteiger partial charge in [-0.25, -0.2) is 4.39 Å². The van der Waals surface area contributed by atoms with Crippen LogP contribution in [0.25, 0.3) is 6.08 Å². The van der Waals surface area contributed by atoms with E-state index in [4.69, 9.17) is 9.31 Å². The van der Waals surface area contributed by atoms with Crippen molar-refractivity contribution in [2.45, 2.75) is 51.2 Å². The molecule has 0 spiro atoms. The molecule has 0 N–H and O–H groups in total. The van der Waals surface area contributed by atoms with E-state index in [1.807, 2.05) is 0 Å². The van der Waals surface area contributed by atoms with E-state index < -0.39 is 53.1 Å². The van der Waals surface area contributed by atoms with Crippen LogP contribution < -0.4 is 0 Å². The Kier molecular flexibility index (Phi) is 5.00. The van der Waals surface area contributed by atoms with Crippen LogP contribution in [0.1, 0.15) is 44.4 Å². The molecule has 1 heterocycles. The van der Waals surface area contributed by atoms with Crippen LogP contribution in [0.15, 0.2) is 23.9 Å². The molecule has 0 saturated carbocycles. The highest BCUT2D eigenvalue weighted by atomic mass is 19.4. The summed E-state index contributed by atoms with van der Waals surface area (Å²) in [6.07, 6.45) is -9.47. The van der Waals surface area contributed by atoms with Crippen LogP contribution in [0.5, 0.6) is 0 Å². The molecule has 2 nitrogen and oxygen atoms in total. The molecule has 10 heteroatoms. The first-order valence-corrected chi connectivity index (χ1v) is 7.55. The Bertz CT molecular complexity index is 672. The van der Waals surface area contributed by atoms with E-state index in [0.717, 1.165) is 0 Å². The molecule has 1 fully saturated rings. The van der Waals surface area contributed by atoms with Gasteiger partial charge in [-0.2, -0.15) is 26.3 Å². The minimum atomic E-state index is -5.01. The van der Waals surface area contributed by atoms with Crippen molar-refractivity contribution in [2.24, 2.45) is 0 Å². The lowest BCUT2D eigenvalue weighted by molar-refractivity contribution is -0.143. The summed E-state index contributed by atoms with van der Waals surface area (Å²) >= 11 is 0. The predicted octanol–water partition coefficient (Wildman–Crippen LogP) is 5.67. The van der Waals surface area contributed by atoms with E-state index in [1.54, 1.807) is 27.7 Å². The monoisotopic (exact) mass is 384 g/mol. The Hall–Kier alpha value is -1.55. The van der Waals surface area contributed by atoms with Crippen LogP contribution in [-0.4, -0.2) is 18.3 Å². The topological polar surface area (TPSA) is 18.5 Å². The zero-order valence-electron chi connectivity index (χ0n) is 14.3. The molecule has 0 aliphatic carbocycles. The molecule has 1 aromatic carbocycles. The minimum Gasteiger partial charge on any atom is -0.398 e. The fourth-order valence-corrected chi connectivity index (χ4v) is 2.25. The first kappa shape index (κ1) is 20.8. The predicted molar refractivity (Wildman–Crippen MR) is 81.6 cm³/mol. The van der Waals surface area contributed by atoms with Gasteiger partial charge in [0.15, 0.2) is 0 Å². The highest BCUT2D eigenvalue weighted by molar-refractivity contribution is 6.54. The van der Waals surface area contributed by atoms with Gasteiger partial charge in [-0.05, 0) is 57.5 Å². The molecule has 0 amide bonds. The molecule has 1 saturated heterocycles. The lowest BCUT2D eigenvalue weighted by atomic mass is 9.86. The smallest absolute Gasteiger partial charge is 0.398 e. The Morgan fingerprint density at radius 1 is 0.846 bits per heavy atom. The van der Waals surface area contributed by atoms with Crippen LogP contribution >= 0.6 is 0 Å². The van der Waals surface area contributed by atoms with E-state index in [9.17, 15) is 30.7 Å². The summed E-state index contributed by atoms with van der Waals surface area (Å²) < 4.78 is 102. The van der Waals surface area contributed by atoms with Crippen LogP contribution in [0.2, 0.25) is 0 Å². The Labute approximate surface area is 146 Å². The largest absolute Gasteiger partial charge is 0.525 e. The van der Waals surface area contributed by atoms with Gasteiger partial charge in [0, 0.05) is 0 Å². The molecular weight excluding hydrogens is 368 g/mol. The molecule has 0 atom stereocenters. The van der Waals surface area contributed by atoms with Crippen LogP contribution in [0.4, 0.5) is 30.7 Å². The zero-order chi connectivity index (χ0) is 20.1. The summed E-state index contributed by atoms with van der Waals surface area (Å²) in [7, 11) is -1.52. The third-order valence-corrected chi connectivity index (χ3v) is 4.39. The van der Waals surface area contributed by atoms with Gasteiger partial charge >= 0.3 is 19.5 Å². The van der Waals surface area contributed by atoms with Gasteiger partial charge in [-0.15, -0.1) is 0 Å². The first-order valence-electron chi connectivity index (χ1n) is 7.55. The average Bonchev–Trinajstić information content (AvgIpc) is 2.65. The summed E-state index contributed by atoms with van der Waals surface area (Å²) in [5.41, 5.74) is -6.60. The highest BCUT2D eigenvalue weighted by Gasteiger charge is 2.53. The molecule has 1 aliphatic heterocycles. The van der Waals surface area contributed by atoms with Crippen LogP contribution in [0.3, 0.4) is 0 Å². The molecule has 26 heavy (non-hydrogen) atoms. The minimum absolute atomic E-state index is 0.0238.